The van der Waals surface area contributed by atoms with Gasteiger partial charge in [-0.05, 0) is 0 Å². The molecule has 0 heterocycles. The van der Waals surface area contributed by atoms with Crippen LogP contribution in [0.15, 0.2) is 70.0 Å². The Kier molecular flexibility index (Phi) is 4.89. The zero-order chi connectivity index (χ0) is 20.2. The summed E-state index contributed by atoms with van der Waals surface area (Å²) in [5, 5.41) is 1.53. The monoisotopic (exact) mass is 478 g/mol. The predicted octanol–water partition coefficient (Wildman–Crippen LogP) is 6.14. The van der Waals surface area contributed by atoms with Gasteiger partial charge in [-0.25, -0.2) is 0 Å². The average Bonchev–Trinajstić information content (AvgIpc) is 3.31. The molecule has 144 valence electrons. The van der Waals surface area contributed by atoms with Gasteiger partial charge in [-0.15, -0.1) is 0 Å². The third-order valence-electron chi connectivity index (χ3n) is 6.82. The molecule has 0 bridgehead atoms. The molecular weight excluding hydrogens is 448 g/mol. The van der Waals surface area contributed by atoms with Gasteiger partial charge in [0.25, 0.3) is 0 Å². The van der Waals surface area contributed by atoms with Gasteiger partial charge < -0.3 is 0 Å². The maximum absolute atomic E-state index is 3.02. The van der Waals surface area contributed by atoms with E-state index in [-0.39, 0.29) is 0 Å². The van der Waals surface area contributed by atoms with Gasteiger partial charge in [-0.1, -0.05) is 0 Å². The molecule has 0 aromatic heterocycles. The zero-order valence-corrected chi connectivity index (χ0v) is 22.8. The van der Waals surface area contributed by atoms with Crippen LogP contribution in [-0.2, 0) is 17.4 Å². The van der Waals surface area contributed by atoms with Crippen molar-refractivity contribution in [1.29, 1.82) is 0 Å². The SMILES string of the molecule is C[Si](C)(C)c1ccc(-c2cccc3c2C=C[CH]3[Zr]([CH3])([CH3])(=[SiH2])[C]2=CC=CC2)cc1. The molecular formula is C25H32Si2Zr. The van der Waals surface area contributed by atoms with E-state index in [9.17, 15) is 0 Å². The van der Waals surface area contributed by atoms with Crippen molar-refractivity contribution in [2.45, 2.75) is 39.0 Å². The molecule has 0 spiro atoms. The molecule has 28 heavy (non-hydrogen) atoms. The van der Waals surface area contributed by atoms with Gasteiger partial charge in [0.15, 0.2) is 0 Å². The van der Waals surface area contributed by atoms with Gasteiger partial charge in [-0.3, -0.25) is 0 Å². The summed E-state index contributed by atoms with van der Waals surface area (Å²) in [6.45, 7) is 9.61. The van der Waals surface area contributed by atoms with Crippen molar-refractivity contribution in [1.82, 2.24) is 0 Å². The summed E-state index contributed by atoms with van der Waals surface area (Å²) in [7, 11) is -1.26. The summed E-state index contributed by atoms with van der Waals surface area (Å²) in [4.78, 5) is 0. The van der Waals surface area contributed by atoms with Crippen molar-refractivity contribution in [2.24, 2.45) is 0 Å². The molecule has 0 saturated carbocycles. The second-order valence-corrected chi connectivity index (χ2v) is 45.5. The summed E-state index contributed by atoms with van der Waals surface area (Å²) in [5.41, 5.74) is 5.76. The number of rotatable bonds is 4. The number of fused-ring (bicyclic) bond motifs is 1. The standard InChI is InChI=1S/C18H19Si.C5H5.2CH3.H2Si.Zr/c1-19(2,3)16-12-10-15(11-13-16)18-9-5-7-14-6-4-8-17(14)18;1-2-4-5-3-1;;;;/h4-13H,1-3H3;1-3H,4H2;2*1H3;1H2;. The number of benzene rings is 2. The van der Waals surface area contributed by atoms with Gasteiger partial charge in [-0.2, -0.15) is 0 Å². The molecule has 2 aromatic carbocycles. The Bertz CT molecular complexity index is 1090. The molecule has 3 heteroatoms. The van der Waals surface area contributed by atoms with Crippen molar-refractivity contribution < 1.29 is 17.4 Å². The van der Waals surface area contributed by atoms with Crippen molar-refractivity contribution in [3.05, 3.63) is 81.2 Å². The van der Waals surface area contributed by atoms with E-state index in [0.29, 0.717) is 3.63 Å². The molecule has 0 amide bonds. The molecule has 1 unspecified atom stereocenters. The van der Waals surface area contributed by atoms with Crippen LogP contribution in [0.3, 0.4) is 0 Å². The fraction of sp³-hybridized carbons (Fsp3) is 0.280. The van der Waals surface area contributed by atoms with E-state index in [1.807, 2.05) is 0 Å². The third kappa shape index (κ3) is 3.40. The third-order valence-corrected chi connectivity index (χ3v) is 26.4. The van der Waals surface area contributed by atoms with Gasteiger partial charge in [0.1, 0.15) is 0 Å². The van der Waals surface area contributed by atoms with Crippen LogP contribution in [-0.4, -0.2) is 15.0 Å². The quantitative estimate of drug-likeness (QED) is 0.462. The van der Waals surface area contributed by atoms with Crippen molar-refractivity contribution in [2.75, 3.05) is 0 Å². The van der Waals surface area contributed by atoms with E-state index in [4.69, 9.17) is 0 Å². The first-order valence-electron chi connectivity index (χ1n) is 10.4. The molecule has 0 radical (unpaired) electrons. The van der Waals surface area contributed by atoms with Crippen molar-refractivity contribution in [3.63, 3.8) is 0 Å². The van der Waals surface area contributed by atoms with E-state index in [2.05, 4.69) is 109 Å². The predicted molar refractivity (Wildman–Crippen MR) is 129 cm³/mol. The minimum atomic E-state index is -3.02. The van der Waals surface area contributed by atoms with Gasteiger partial charge in [0, 0.05) is 0 Å². The van der Waals surface area contributed by atoms with Crippen LogP contribution < -0.4 is 5.19 Å². The van der Waals surface area contributed by atoms with Crippen LogP contribution in [0.2, 0.25) is 28.9 Å². The van der Waals surface area contributed by atoms with Crippen LogP contribution in [0, 0.1) is 0 Å². The van der Waals surface area contributed by atoms with Crippen LogP contribution in [0.25, 0.3) is 17.2 Å². The Labute approximate surface area is 174 Å². The number of hydrogen-bond acceptors (Lipinski definition) is 0. The summed E-state index contributed by atoms with van der Waals surface area (Å²) in [6.07, 6.45) is 13.1. The Morgan fingerprint density at radius 1 is 1.00 bits per heavy atom. The van der Waals surface area contributed by atoms with E-state index in [1.54, 1.807) is 8.84 Å². The van der Waals surface area contributed by atoms with E-state index in [1.165, 1.54) is 28.3 Å². The zero-order valence-electron chi connectivity index (χ0n) is 17.9. The summed E-state index contributed by atoms with van der Waals surface area (Å²) < 4.78 is 7.63. The second kappa shape index (κ2) is 6.76. The molecule has 0 saturated heterocycles. The van der Waals surface area contributed by atoms with E-state index < -0.39 is 25.5 Å². The molecule has 2 aliphatic rings. The Balaban J connectivity index is 1.77. The fourth-order valence-electron chi connectivity index (χ4n) is 4.80. The first-order chi connectivity index (χ1) is 13.1. The van der Waals surface area contributed by atoms with Gasteiger partial charge >= 0.3 is 175 Å². The summed E-state index contributed by atoms with van der Waals surface area (Å²) in [5.74, 6) is 0. The maximum atomic E-state index is 2.64. The first kappa shape index (κ1) is 20.3. The molecule has 0 nitrogen and oxygen atoms in total. The molecule has 0 aliphatic heterocycles. The van der Waals surface area contributed by atoms with E-state index >= 15 is 0 Å². The Hall–Kier alpha value is -1.02. The van der Waals surface area contributed by atoms with Crippen molar-refractivity contribution in [3.8, 4) is 11.1 Å². The molecule has 0 fully saturated rings. The number of hydrogen-bond donors (Lipinski definition) is 0. The second-order valence-electron chi connectivity index (χ2n) is 10.6. The summed E-state index contributed by atoms with van der Waals surface area (Å²) >= 11 is -3.02. The van der Waals surface area contributed by atoms with Crippen LogP contribution in [0.4, 0.5) is 0 Å². The first-order valence-corrected chi connectivity index (χ1v) is 27.4. The fourth-order valence-corrected chi connectivity index (χ4v) is 19.0. The Morgan fingerprint density at radius 2 is 1.71 bits per heavy atom. The van der Waals surface area contributed by atoms with Crippen LogP contribution in [0.1, 0.15) is 21.2 Å². The minimum absolute atomic E-state index is 0.613. The van der Waals surface area contributed by atoms with Crippen molar-refractivity contribution >= 4 is 26.2 Å². The molecule has 1 atom stereocenters. The molecule has 2 aromatic rings. The van der Waals surface area contributed by atoms with E-state index in [0.717, 1.165) is 0 Å². The molecule has 2 aliphatic carbocycles. The normalized spacial score (nSPS) is 19.1. The molecule has 4 rings (SSSR count). The van der Waals surface area contributed by atoms with Crippen LogP contribution in [0.5, 0.6) is 0 Å². The summed E-state index contributed by atoms with van der Waals surface area (Å²) in [6, 6.07) is 16.4. The van der Waals surface area contributed by atoms with Gasteiger partial charge in [0.2, 0.25) is 0 Å². The molecule has 0 N–H and O–H groups in total. The van der Waals surface area contributed by atoms with Gasteiger partial charge in [0.05, 0.1) is 0 Å². The number of allylic oxidation sites excluding steroid dienone is 5. The Morgan fingerprint density at radius 3 is 2.32 bits per heavy atom. The average molecular weight is 480 g/mol. The topological polar surface area (TPSA) is 0 Å². The van der Waals surface area contributed by atoms with Crippen LogP contribution >= 0.6 is 0 Å².